The van der Waals surface area contributed by atoms with Gasteiger partial charge < -0.3 is 9.47 Å². The van der Waals surface area contributed by atoms with Crippen molar-refractivity contribution in [1.29, 1.82) is 0 Å². The Kier molecular flexibility index (Phi) is 5.16. The molecule has 0 fully saturated rings. The number of esters is 2. The van der Waals surface area contributed by atoms with Crippen molar-refractivity contribution < 1.29 is 32.3 Å². The Balaban J connectivity index is 1.96. The van der Waals surface area contributed by atoms with Gasteiger partial charge in [-0.2, -0.15) is 0 Å². The van der Waals surface area contributed by atoms with E-state index in [1.165, 1.54) is 18.3 Å². The van der Waals surface area contributed by atoms with Crippen LogP contribution in [0.15, 0.2) is 53.6 Å². The minimum Gasteiger partial charge on any atom is -0.468 e. The second kappa shape index (κ2) is 7.59. The summed E-state index contributed by atoms with van der Waals surface area (Å²) in [6.45, 7) is 1.85. The molecule has 0 spiro atoms. The van der Waals surface area contributed by atoms with Gasteiger partial charge in [-0.3, -0.25) is 14.4 Å². The fourth-order valence-electron chi connectivity index (χ4n) is 4.23. The van der Waals surface area contributed by atoms with E-state index in [-0.39, 0.29) is 22.4 Å². The van der Waals surface area contributed by atoms with Crippen molar-refractivity contribution in [3.05, 3.63) is 65.4 Å². The Morgan fingerprint density at radius 1 is 0.969 bits per heavy atom. The molecule has 1 aromatic heterocycles. The summed E-state index contributed by atoms with van der Waals surface area (Å²) in [5.74, 6) is -2.30. The zero-order chi connectivity index (χ0) is 23.3. The van der Waals surface area contributed by atoms with Gasteiger partial charge >= 0.3 is 11.9 Å². The lowest BCUT2D eigenvalue weighted by Gasteiger charge is -2.26. The Morgan fingerprint density at radius 2 is 1.59 bits per heavy atom. The Labute approximate surface area is 184 Å². The summed E-state index contributed by atoms with van der Waals surface area (Å²) in [5.41, 5.74) is -0.0348. The summed E-state index contributed by atoms with van der Waals surface area (Å²) in [5, 5.41) is 0.392. The highest BCUT2D eigenvalue weighted by Crippen LogP contribution is 2.41. The predicted molar refractivity (Wildman–Crippen MR) is 115 cm³/mol. The van der Waals surface area contributed by atoms with Gasteiger partial charge in [0, 0.05) is 30.0 Å². The molecule has 1 aliphatic carbocycles. The molecule has 8 nitrogen and oxygen atoms in total. The van der Waals surface area contributed by atoms with Crippen molar-refractivity contribution >= 4 is 38.6 Å². The van der Waals surface area contributed by atoms with Crippen LogP contribution in [0.1, 0.15) is 27.9 Å². The highest BCUT2D eigenvalue weighted by Gasteiger charge is 2.52. The number of ketones is 1. The number of Topliss-reactive ketones (excluding diaryl/α,β-unsaturated/α-hetero) is 1. The maximum absolute atomic E-state index is 13.4. The number of aromatic nitrogens is 1. The second-order valence-corrected chi connectivity index (χ2v) is 9.62. The summed E-state index contributed by atoms with van der Waals surface area (Å²) in [6.07, 6.45) is 0.609. The molecule has 0 unspecified atom stereocenters. The van der Waals surface area contributed by atoms with Crippen molar-refractivity contribution in [2.24, 2.45) is 5.41 Å². The molecule has 0 atom stereocenters. The number of carbonyl (C=O) groups is 3. The van der Waals surface area contributed by atoms with Gasteiger partial charge in [0.2, 0.25) is 0 Å². The molecule has 3 aromatic rings. The first-order valence-electron chi connectivity index (χ1n) is 9.81. The van der Waals surface area contributed by atoms with Gasteiger partial charge in [-0.15, -0.1) is 0 Å². The number of benzene rings is 2. The molecule has 0 saturated heterocycles. The molecule has 2 aromatic carbocycles. The molecule has 1 aliphatic rings. The lowest BCUT2D eigenvalue weighted by molar-refractivity contribution is -0.169. The Morgan fingerprint density at radius 3 is 2.19 bits per heavy atom. The third-order valence-electron chi connectivity index (χ3n) is 5.87. The maximum Gasteiger partial charge on any atom is 0.324 e. The lowest BCUT2D eigenvalue weighted by atomic mass is 9.78. The van der Waals surface area contributed by atoms with Gasteiger partial charge in [0.15, 0.2) is 11.2 Å². The fourth-order valence-corrected chi connectivity index (χ4v) is 5.60. The summed E-state index contributed by atoms with van der Waals surface area (Å²) in [7, 11) is -1.71. The largest absolute Gasteiger partial charge is 0.468 e. The maximum atomic E-state index is 13.4. The number of nitrogens with zero attached hydrogens (tertiary/aromatic N) is 1. The molecule has 0 bridgehead atoms. The summed E-state index contributed by atoms with van der Waals surface area (Å²) in [6, 6.07) is 11.3. The third kappa shape index (κ3) is 3.12. The van der Waals surface area contributed by atoms with Crippen molar-refractivity contribution in [3.8, 4) is 0 Å². The zero-order valence-corrected chi connectivity index (χ0v) is 18.6. The molecule has 0 radical (unpaired) electrons. The van der Waals surface area contributed by atoms with Crippen LogP contribution in [0.4, 0.5) is 0 Å². The van der Waals surface area contributed by atoms with Gasteiger partial charge in [0.25, 0.3) is 10.0 Å². The van der Waals surface area contributed by atoms with E-state index in [0.29, 0.717) is 10.9 Å². The normalized spacial score (nSPS) is 15.3. The Bertz CT molecular complexity index is 1350. The number of rotatable bonds is 4. The minimum atomic E-state index is -3.99. The van der Waals surface area contributed by atoms with E-state index in [2.05, 4.69) is 0 Å². The van der Waals surface area contributed by atoms with E-state index >= 15 is 0 Å². The van der Waals surface area contributed by atoms with Crippen LogP contribution in [-0.2, 0) is 35.5 Å². The molecule has 0 aliphatic heterocycles. The van der Waals surface area contributed by atoms with E-state index in [1.54, 1.807) is 30.3 Å². The van der Waals surface area contributed by atoms with Gasteiger partial charge in [0.1, 0.15) is 0 Å². The van der Waals surface area contributed by atoms with E-state index in [1.807, 2.05) is 6.92 Å². The number of aryl methyl sites for hydroxylation is 1. The molecular formula is C23H21NO7S. The van der Waals surface area contributed by atoms with Crippen molar-refractivity contribution in [3.63, 3.8) is 0 Å². The summed E-state index contributed by atoms with van der Waals surface area (Å²) in [4.78, 5) is 38.6. The number of hydrogen-bond donors (Lipinski definition) is 0. The molecule has 32 heavy (non-hydrogen) atoms. The lowest BCUT2D eigenvalue weighted by Crippen LogP contribution is -2.44. The minimum absolute atomic E-state index is 0.0833. The summed E-state index contributed by atoms with van der Waals surface area (Å²) < 4.78 is 37.5. The standard InChI is InChI=1S/C23H21NO7S/c1-14-7-9-16(10-8-14)32(28,29)24-13-17-19(25)12-23(21(26)30-2,22(27)31-3)11-15-5-4-6-18(24)20(15)17/h4-10,13H,11-12H2,1-3H3. The van der Waals surface area contributed by atoms with Crippen molar-refractivity contribution in [2.75, 3.05) is 14.2 Å². The van der Waals surface area contributed by atoms with E-state index in [9.17, 15) is 22.8 Å². The number of hydrogen-bond acceptors (Lipinski definition) is 7. The zero-order valence-electron chi connectivity index (χ0n) is 17.7. The molecule has 0 N–H and O–H groups in total. The quantitative estimate of drug-likeness (QED) is 0.439. The topological polar surface area (TPSA) is 109 Å². The molecular weight excluding hydrogens is 434 g/mol. The van der Waals surface area contributed by atoms with Crippen LogP contribution < -0.4 is 0 Å². The fraction of sp³-hybridized carbons (Fsp3) is 0.261. The average Bonchev–Trinajstić information content (AvgIpc) is 3.13. The predicted octanol–water partition coefficient (Wildman–Crippen LogP) is 2.65. The molecule has 4 rings (SSSR count). The first kappa shape index (κ1) is 21.8. The first-order valence-corrected chi connectivity index (χ1v) is 11.2. The third-order valence-corrected chi connectivity index (χ3v) is 7.55. The van der Waals surface area contributed by atoms with Gasteiger partial charge in [-0.1, -0.05) is 29.8 Å². The van der Waals surface area contributed by atoms with Crippen LogP contribution >= 0.6 is 0 Å². The highest BCUT2D eigenvalue weighted by atomic mass is 32.2. The smallest absolute Gasteiger partial charge is 0.324 e. The van der Waals surface area contributed by atoms with Gasteiger partial charge in [-0.25, -0.2) is 12.4 Å². The highest BCUT2D eigenvalue weighted by molar-refractivity contribution is 7.90. The van der Waals surface area contributed by atoms with Crippen molar-refractivity contribution in [2.45, 2.75) is 24.7 Å². The molecule has 1 heterocycles. The van der Waals surface area contributed by atoms with Crippen LogP contribution in [-0.4, -0.2) is 44.3 Å². The van der Waals surface area contributed by atoms with Crippen LogP contribution in [0.5, 0.6) is 0 Å². The van der Waals surface area contributed by atoms with E-state index < -0.39 is 39.6 Å². The second-order valence-electron chi connectivity index (χ2n) is 7.81. The number of ether oxygens (including phenoxy) is 2. The molecule has 9 heteroatoms. The van der Waals surface area contributed by atoms with Gasteiger partial charge in [-0.05, 0) is 30.7 Å². The monoisotopic (exact) mass is 455 g/mol. The van der Waals surface area contributed by atoms with Crippen LogP contribution in [0, 0.1) is 12.3 Å². The van der Waals surface area contributed by atoms with Crippen LogP contribution in [0.3, 0.4) is 0 Å². The Hall–Kier alpha value is -3.46. The average molecular weight is 455 g/mol. The van der Waals surface area contributed by atoms with Gasteiger partial charge in [0.05, 0.1) is 24.6 Å². The molecule has 0 amide bonds. The van der Waals surface area contributed by atoms with E-state index in [4.69, 9.17) is 9.47 Å². The van der Waals surface area contributed by atoms with Crippen LogP contribution in [0.25, 0.3) is 10.9 Å². The van der Waals surface area contributed by atoms with Crippen molar-refractivity contribution in [1.82, 2.24) is 3.97 Å². The SMILES string of the molecule is COC(=O)C1(C(=O)OC)CC(=O)c2cn(S(=O)(=O)c3ccc(C)cc3)c3cccc(c23)C1. The molecule has 166 valence electrons. The summed E-state index contributed by atoms with van der Waals surface area (Å²) >= 11 is 0. The molecule has 0 saturated carbocycles. The number of carbonyl (C=O) groups excluding carboxylic acids is 3. The van der Waals surface area contributed by atoms with Crippen LogP contribution in [0.2, 0.25) is 0 Å². The number of methoxy groups -OCH3 is 2. The first-order chi connectivity index (χ1) is 15.2. The van der Waals surface area contributed by atoms with E-state index in [0.717, 1.165) is 23.8 Å².